The van der Waals surface area contributed by atoms with E-state index in [0.29, 0.717) is 19.4 Å². The van der Waals surface area contributed by atoms with Gasteiger partial charge in [-0.25, -0.2) is 0 Å². The average molecular weight is 301 g/mol. The lowest BCUT2D eigenvalue weighted by atomic mass is 10.2. The van der Waals surface area contributed by atoms with Gasteiger partial charge < -0.3 is 14.4 Å². The molecule has 0 aliphatic heterocycles. The summed E-state index contributed by atoms with van der Waals surface area (Å²) in [4.78, 5) is 25.1. The van der Waals surface area contributed by atoms with Crippen LogP contribution in [0.3, 0.4) is 0 Å². The molecule has 0 bridgehead atoms. The summed E-state index contributed by atoms with van der Waals surface area (Å²) in [5, 5.41) is 0. The lowest BCUT2D eigenvalue weighted by molar-refractivity contribution is -0.156. The van der Waals surface area contributed by atoms with Crippen molar-refractivity contribution in [3.8, 4) is 0 Å². The molecule has 0 spiro atoms. The first-order valence-corrected chi connectivity index (χ1v) is 7.51. The van der Waals surface area contributed by atoms with Crippen molar-refractivity contribution < 1.29 is 19.1 Å². The van der Waals surface area contributed by atoms with Gasteiger partial charge in [0, 0.05) is 13.0 Å². The molecule has 5 heteroatoms. The van der Waals surface area contributed by atoms with Gasteiger partial charge in [0.25, 0.3) is 0 Å². The van der Waals surface area contributed by atoms with Gasteiger partial charge in [-0.3, -0.25) is 9.59 Å². The fourth-order valence-electron chi connectivity index (χ4n) is 1.67. The summed E-state index contributed by atoms with van der Waals surface area (Å²) in [7, 11) is 1.93. The Morgan fingerprint density at radius 3 is 1.67 bits per heavy atom. The standard InChI is InChI=1S/C16H31NO4/c1-15(2,3)20-13(18)9-8-11-17(7)12-10-14(19)21-16(4,5)6/h8-12H2,1-7H3. The molecule has 0 N–H and O–H groups in total. The van der Waals surface area contributed by atoms with Gasteiger partial charge in [-0.15, -0.1) is 0 Å². The predicted octanol–water partition coefficient (Wildman–Crippen LogP) is 2.77. The number of carbonyl (C=O) groups is 2. The van der Waals surface area contributed by atoms with Crippen molar-refractivity contribution in [1.29, 1.82) is 0 Å². The highest BCUT2D eigenvalue weighted by molar-refractivity contribution is 5.70. The van der Waals surface area contributed by atoms with Gasteiger partial charge in [-0.05, 0) is 61.6 Å². The number of rotatable bonds is 7. The number of esters is 2. The predicted molar refractivity (Wildman–Crippen MR) is 83.0 cm³/mol. The van der Waals surface area contributed by atoms with E-state index in [-0.39, 0.29) is 11.9 Å². The highest BCUT2D eigenvalue weighted by atomic mass is 16.6. The first-order chi connectivity index (χ1) is 9.39. The van der Waals surface area contributed by atoms with Crippen LogP contribution in [-0.2, 0) is 19.1 Å². The second-order valence-corrected chi connectivity index (χ2v) is 7.33. The summed E-state index contributed by atoms with van der Waals surface area (Å²) in [5.74, 6) is -0.371. The van der Waals surface area contributed by atoms with E-state index in [1.165, 1.54) is 0 Å². The third kappa shape index (κ3) is 13.6. The van der Waals surface area contributed by atoms with Crippen molar-refractivity contribution >= 4 is 11.9 Å². The van der Waals surface area contributed by atoms with Gasteiger partial charge >= 0.3 is 11.9 Å². The number of ether oxygens (including phenoxy) is 2. The van der Waals surface area contributed by atoms with E-state index in [2.05, 4.69) is 0 Å². The molecule has 0 aliphatic carbocycles. The van der Waals surface area contributed by atoms with E-state index < -0.39 is 11.2 Å². The van der Waals surface area contributed by atoms with Crippen molar-refractivity contribution in [1.82, 2.24) is 4.90 Å². The molecule has 0 aromatic heterocycles. The maximum Gasteiger partial charge on any atom is 0.307 e. The fraction of sp³-hybridized carbons (Fsp3) is 0.875. The topological polar surface area (TPSA) is 55.8 Å². The highest BCUT2D eigenvalue weighted by Crippen LogP contribution is 2.10. The fourth-order valence-corrected chi connectivity index (χ4v) is 1.67. The zero-order chi connectivity index (χ0) is 16.7. The zero-order valence-electron chi connectivity index (χ0n) is 14.6. The molecule has 0 fully saturated rings. The van der Waals surface area contributed by atoms with Crippen LogP contribution in [0, 0.1) is 0 Å². The third-order valence-electron chi connectivity index (χ3n) is 2.46. The zero-order valence-corrected chi connectivity index (χ0v) is 14.6. The molecule has 0 rings (SSSR count). The largest absolute Gasteiger partial charge is 0.460 e. The Kier molecular flexibility index (Phi) is 7.93. The maximum absolute atomic E-state index is 11.6. The molecule has 5 nitrogen and oxygen atoms in total. The van der Waals surface area contributed by atoms with E-state index in [9.17, 15) is 9.59 Å². The van der Waals surface area contributed by atoms with Crippen LogP contribution >= 0.6 is 0 Å². The normalized spacial score (nSPS) is 12.4. The summed E-state index contributed by atoms with van der Waals surface area (Å²) >= 11 is 0. The minimum atomic E-state index is -0.438. The molecular weight excluding hydrogens is 270 g/mol. The van der Waals surface area contributed by atoms with Gasteiger partial charge in [0.15, 0.2) is 0 Å². The molecule has 0 radical (unpaired) electrons. The van der Waals surface area contributed by atoms with Crippen LogP contribution < -0.4 is 0 Å². The van der Waals surface area contributed by atoms with Crippen LogP contribution in [0.5, 0.6) is 0 Å². The smallest absolute Gasteiger partial charge is 0.307 e. The van der Waals surface area contributed by atoms with Crippen molar-refractivity contribution in [3.05, 3.63) is 0 Å². The summed E-state index contributed by atoms with van der Waals surface area (Å²) < 4.78 is 10.5. The van der Waals surface area contributed by atoms with Gasteiger partial charge in [-0.2, -0.15) is 0 Å². The van der Waals surface area contributed by atoms with Crippen LogP contribution in [0.1, 0.15) is 60.8 Å². The molecule has 21 heavy (non-hydrogen) atoms. The molecular formula is C16H31NO4. The van der Waals surface area contributed by atoms with E-state index in [4.69, 9.17) is 9.47 Å². The van der Waals surface area contributed by atoms with Gasteiger partial charge in [0.05, 0.1) is 6.42 Å². The third-order valence-corrected chi connectivity index (χ3v) is 2.46. The molecule has 124 valence electrons. The summed E-state index contributed by atoms with van der Waals surface area (Å²) in [6.07, 6.45) is 1.48. The van der Waals surface area contributed by atoms with E-state index >= 15 is 0 Å². The van der Waals surface area contributed by atoms with Crippen LogP contribution in [0.4, 0.5) is 0 Å². The molecule has 0 aromatic rings. The van der Waals surface area contributed by atoms with E-state index in [1.54, 1.807) is 0 Å². The Hall–Kier alpha value is -1.10. The SMILES string of the molecule is CN(CCCC(=O)OC(C)(C)C)CCC(=O)OC(C)(C)C. The average Bonchev–Trinajstić information content (AvgIpc) is 2.21. The molecule has 0 aromatic carbocycles. The molecule has 0 aliphatic rings. The van der Waals surface area contributed by atoms with Crippen LogP contribution in [0.25, 0.3) is 0 Å². The lowest BCUT2D eigenvalue weighted by Gasteiger charge is -2.22. The molecule has 0 atom stereocenters. The minimum absolute atomic E-state index is 0.178. The Labute approximate surface area is 129 Å². The van der Waals surface area contributed by atoms with Gasteiger partial charge in [0.2, 0.25) is 0 Å². The monoisotopic (exact) mass is 301 g/mol. The molecule has 0 heterocycles. The summed E-state index contributed by atoms with van der Waals surface area (Å²) in [6.45, 7) is 12.5. The second kappa shape index (κ2) is 8.37. The molecule has 0 amide bonds. The lowest BCUT2D eigenvalue weighted by Crippen LogP contribution is -2.29. The Bertz CT molecular complexity index is 339. The van der Waals surface area contributed by atoms with Gasteiger partial charge in [-0.1, -0.05) is 0 Å². The Morgan fingerprint density at radius 2 is 1.24 bits per heavy atom. The first-order valence-electron chi connectivity index (χ1n) is 7.51. The highest BCUT2D eigenvalue weighted by Gasteiger charge is 2.17. The Balaban J connectivity index is 3.79. The number of hydrogen-bond acceptors (Lipinski definition) is 5. The van der Waals surface area contributed by atoms with E-state index in [1.807, 2.05) is 53.5 Å². The minimum Gasteiger partial charge on any atom is -0.460 e. The molecule has 0 saturated heterocycles. The van der Waals surface area contributed by atoms with Crippen molar-refractivity contribution in [2.24, 2.45) is 0 Å². The maximum atomic E-state index is 11.6. The van der Waals surface area contributed by atoms with Crippen molar-refractivity contribution in [2.45, 2.75) is 72.0 Å². The first kappa shape index (κ1) is 19.9. The van der Waals surface area contributed by atoms with Crippen LogP contribution in [-0.4, -0.2) is 48.2 Å². The Morgan fingerprint density at radius 1 is 0.810 bits per heavy atom. The van der Waals surface area contributed by atoms with Crippen molar-refractivity contribution in [3.63, 3.8) is 0 Å². The second-order valence-electron chi connectivity index (χ2n) is 7.33. The van der Waals surface area contributed by atoms with Crippen LogP contribution in [0.15, 0.2) is 0 Å². The van der Waals surface area contributed by atoms with Crippen molar-refractivity contribution in [2.75, 3.05) is 20.1 Å². The van der Waals surface area contributed by atoms with Gasteiger partial charge in [0.1, 0.15) is 11.2 Å². The number of carbonyl (C=O) groups excluding carboxylic acids is 2. The summed E-state index contributed by atoms with van der Waals surface area (Å²) in [6, 6.07) is 0. The number of hydrogen-bond donors (Lipinski definition) is 0. The number of nitrogens with zero attached hydrogens (tertiary/aromatic N) is 1. The van der Waals surface area contributed by atoms with Crippen LogP contribution in [0.2, 0.25) is 0 Å². The van der Waals surface area contributed by atoms with E-state index in [0.717, 1.165) is 13.0 Å². The molecule has 0 unspecified atom stereocenters. The quantitative estimate of drug-likeness (QED) is 0.677. The molecule has 0 saturated carbocycles. The summed E-state index contributed by atoms with van der Waals surface area (Å²) in [5.41, 5.74) is -0.869.